The predicted octanol–water partition coefficient (Wildman–Crippen LogP) is 4.18. The van der Waals surface area contributed by atoms with E-state index < -0.39 is 0 Å². The molecule has 0 aliphatic rings. The van der Waals surface area contributed by atoms with Crippen molar-refractivity contribution in [2.75, 3.05) is 6.54 Å². The lowest BCUT2D eigenvalue weighted by molar-refractivity contribution is 0.624. The standard InChI is InChI=1S/C14H15ClFNS/c1-10-6-13(16)3-2-11(10)4-5-17-8-14-7-12(15)9-18-14/h2-3,6-7,9,17H,4-5,8H2,1H3. The van der Waals surface area contributed by atoms with E-state index in [1.54, 1.807) is 17.4 Å². The molecule has 0 spiro atoms. The van der Waals surface area contributed by atoms with Crippen molar-refractivity contribution < 1.29 is 4.39 Å². The van der Waals surface area contributed by atoms with Crippen LogP contribution < -0.4 is 5.32 Å². The molecule has 2 aromatic rings. The molecule has 0 unspecified atom stereocenters. The Labute approximate surface area is 116 Å². The Balaban J connectivity index is 1.78. The molecule has 0 amide bonds. The highest BCUT2D eigenvalue weighted by molar-refractivity contribution is 7.10. The molecule has 1 nitrogen and oxygen atoms in total. The van der Waals surface area contributed by atoms with E-state index in [2.05, 4.69) is 5.32 Å². The van der Waals surface area contributed by atoms with Gasteiger partial charge in [0, 0.05) is 16.8 Å². The normalized spacial score (nSPS) is 10.8. The molecule has 0 aliphatic carbocycles. The van der Waals surface area contributed by atoms with Crippen LogP contribution in [0, 0.1) is 12.7 Å². The fraction of sp³-hybridized carbons (Fsp3) is 0.286. The van der Waals surface area contributed by atoms with Crippen LogP contribution in [-0.2, 0) is 13.0 Å². The SMILES string of the molecule is Cc1cc(F)ccc1CCNCc1cc(Cl)cs1. The van der Waals surface area contributed by atoms with Gasteiger partial charge in [-0.25, -0.2) is 4.39 Å². The Morgan fingerprint density at radius 2 is 2.17 bits per heavy atom. The second-order valence-electron chi connectivity index (χ2n) is 4.23. The average molecular weight is 284 g/mol. The monoisotopic (exact) mass is 283 g/mol. The van der Waals surface area contributed by atoms with Crippen molar-refractivity contribution in [2.45, 2.75) is 19.9 Å². The molecular formula is C14H15ClFNS. The van der Waals surface area contributed by atoms with Gasteiger partial charge in [0.2, 0.25) is 0 Å². The Morgan fingerprint density at radius 1 is 1.33 bits per heavy atom. The summed E-state index contributed by atoms with van der Waals surface area (Å²) in [6, 6.07) is 6.92. The maximum Gasteiger partial charge on any atom is 0.123 e. The number of rotatable bonds is 5. The van der Waals surface area contributed by atoms with Crippen molar-refractivity contribution in [1.82, 2.24) is 5.32 Å². The molecule has 18 heavy (non-hydrogen) atoms. The van der Waals surface area contributed by atoms with E-state index in [1.807, 2.05) is 24.4 Å². The second-order valence-corrected chi connectivity index (χ2v) is 5.66. The molecular weight excluding hydrogens is 269 g/mol. The van der Waals surface area contributed by atoms with Crippen LogP contribution in [0.2, 0.25) is 5.02 Å². The summed E-state index contributed by atoms with van der Waals surface area (Å²) in [5.74, 6) is -0.169. The number of thiophene rings is 1. The zero-order chi connectivity index (χ0) is 13.0. The molecule has 0 saturated heterocycles. The van der Waals surface area contributed by atoms with Gasteiger partial charge in [-0.05, 0) is 49.2 Å². The molecule has 0 aliphatic heterocycles. The van der Waals surface area contributed by atoms with Gasteiger partial charge in [-0.1, -0.05) is 17.7 Å². The predicted molar refractivity (Wildman–Crippen MR) is 75.9 cm³/mol. The third kappa shape index (κ3) is 3.80. The number of hydrogen-bond donors (Lipinski definition) is 1. The summed E-state index contributed by atoms with van der Waals surface area (Å²) < 4.78 is 12.9. The molecule has 0 radical (unpaired) electrons. The Morgan fingerprint density at radius 3 is 2.83 bits per heavy atom. The van der Waals surface area contributed by atoms with E-state index in [4.69, 9.17) is 11.6 Å². The summed E-state index contributed by atoms with van der Waals surface area (Å²) in [5, 5.41) is 6.09. The molecule has 0 bridgehead atoms. The van der Waals surface area contributed by atoms with E-state index in [1.165, 1.54) is 16.5 Å². The van der Waals surface area contributed by atoms with Crippen LogP contribution in [0.15, 0.2) is 29.6 Å². The van der Waals surface area contributed by atoms with Gasteiger partial charge >= 0.3 is 0 Å². The lowest BCUT2D eigenvalue weighted by Crippen LogP contribution is -2.16. The number of nitrogens with one attached hydrogen (secondary N) is 1. The smallest absolute Gasteiger partial charge is 0.123 e. The van der Waals surface area contributed by atoms with Gasteiger partial charge in [0.25, 0.3) is 0 Å². The molecule has 96 valence electrons. The minimum atomic E-state index is -0.169. The van der Waals surface area contributed by atoms with E-state index >= 15 is 0 Å². The maximum absolute atomic E-state index is 12.9. The molecule has 1 heterocycles. The van der Waals surface area contributed by atoms with Crippen LogP contribution >= 0.6 is 22.9 Å². The largest absolute Gasteiger partial charge is 0.312 e. The van der Waals surface area contributed by atoms with Gasteiger partial charge in [-0.15, -0.1) is 11.3 Å². The van der Waals surface area contributed by atoms with Crippen LogP contribution in [0.3, 0.4) is 0 Å². The Bertz CT molecular complexity index is 524. The highest BCUT2D eigenvalue weighted by Crippen LogP contribution is 2.18. The molecule has 1 aromatic carbocycles. The van der Waals surface area contributed by atoms with Crippen molar-refractivity contribution in [1.29, 1.82) is 0 Å². The molecule has 2 rings (SSSR count). The third-order valence-electron chi connectivity index (χ3n) is 2.80. The van der Waals surface area contributed by atoms with E-state index in [0.717, 1.165) is 30.1 Å². The lowest BCUT2D eigenvalue weighted by atomic mass is 10.1. The minimum absolute atomic E-state index is 0.169. The van der Waals surface area contributed by atoms with Gasteiger partial charge < -0.3 is 5.32 Å². The highest BCUT2D eigenvalue weighted by atomic mass is 35.5. The molecule has 0 atom stereocenters. The first kappa shape index (κ1) is 13.5. The molecule has 4 heteroatoms. The Kier molecular flexibility index (Phi) is 4.75. The lowest BCUT2D eigenvalue weighted by Gasteiger charge is -2.06. The van der Waals surface area contributed by atoms with Crippen molar-refractivity contribution in [3.63, 3.8) is 0 Å². The first-order chi connectivity index (χ1) is 8.65. The van der Waals surface area contributed by atoms with Crippen LogP contribution in [0.4, 0.5) is 4.39 Å². The Hall–Kier alpha value is -0.900. The number of hydrogen-bond acceptors (Lipinski definition) is 2. The average Bonchev–Trinajstić information content (AvgIpc) is 2.73. The van der Waals surface area contributed by atoms with Crippen LogP contribution in [0.25, 0.3) is 0 Å². The van der Waals surface area contributed by atoms with Crippen molar-refractivity contribution in [3.05, 3.63) is 56.5 Å². The summed E-state index contributed by atoms with van der Waals surface area (Å²) in [7, 11) is 0. The quantitative estimate of drug-likeness (QED) is 0.812. The zero-order valence-electron chi connectivity index (χ0n) is 10.2. The zero-order valence-corrected chi connectivity index (χ0v) is 11.7. The summed E-state index contributed by atoms with van der Waals surface area (Å²) in [6.45, 7) is 3.65. The van der Waals surface area contributed by atoms with Gasteiger partial charge in [-0.3, -0.25) is 0 Å². The number of benzene rings is 1. The van der Waals surface area contributed by atoms with Crippen LogP contribution in [0.1, 0.15) is 16.0 Å². The molecule has 1 N–H and O–H groups in total. The van der Waals surface area contributed by atoms with E-state index in [-0.39, 0.29) is 5.82 Å². The van der Waals surface area contributed by atoms with E-state index in [0.29, 0.717) is 0 Å². The summed E-state index contributed by atoms with van der Waals surface area (Å²) in [6.07, 6.45) is 0.908. The first-order valence-electron chi connectivity index (χ1n) is 5.84. The first-order valence-corrected chi connectivity index (χ1v) is 7.09. The third-order valence-corrected chi connectivity index (χ3v) is 4.08. The summed E-state index contributed by atoms with van der Waals surface area (Å²) in [5.41, 5.74) is 2.20. The van der Waals surface area contributed by atoms with Crippen molar-refractivity contribution >= 4 is 22.9 Å². The topological polar surface area (TPSA) is 12.0 Å². The van der Waals surface area contributed by atoms with Crippen LogP contribution in [-0.4, -0.2) is 6.54 Å². The van der Waals surface area contributed by atoms with Gasteiger partial charge in [0.15, 0.2) is 0 Å². The fourth-order valence-corrected chi connectivity index (χ4v) is 2.86. The highest BCUT2D eigenvalue weighted by Gasteiger charge is 2.01. The van der Waals surface area contributed by atoms with E-state index in [9.17, 15) is 4.39 Å². The minimum Gasteiger partial charge on any atom is -0.312 e. The number of halogens is 2. The van der Waals surface area contributed by atoms with Crippen molar-refractivity contribution in [2.24, 2.45) is 0 Å². The second kappa shape index (κ2) is 6.32. The fourth-order valence-electron chi connectivity index (χ4n) is 1.82. The molecule has 1 aromatic heterocycles. The van der Waals surface area contributed by atoms with Gasteiger partial charge in [0.05, 0.1) is 5.02 Å². The van der Waals surface area contributed by atoms with Crippen LogP contribution in [0.5, 0.6) is 0 Å². The summed E-state index contributed by atoms with van der Waals surface area (Å²) in [4.78, 5) is 1.23. The van der Waals surface area contributed by atoms with Gasteiger partial charge in [-0.2, -0.15) is 0 Å². The molecule has 0 saturated carbocycles. The van der Waals surface area contributed by atoms with Crippen molar-refractivity contribution in [3.8, 4) is 0 Å². The maximum atomic E-state index is 12.9. The number of aryl methyl sites for hydroxylation is 1. The summed E-state index contributed by atoms with van der Waals surface area (Å²) >= 11 is 7.51. The van der Waals surface area contributed by atoms with Gasteiger partial charge in [0.1, 0.15) is 5.82 Å². The molecule has 0 fully saturated rings.